The first-order valence-corrected chi connectivity index (χ1v) is 8.23. The summed E-state index contributed by atoms with van der Waals surface area (Å²) in [5.74, 6) is 0.0303. The van der Waals surface area contributed by atoms with E-state index in [1.807, 2.05) is 13.8 Å². The summed E-state index contributed by atoms with van der Waals surface area (Å²) in [6, 6.07) is 3.81. The van der Waals surface area contributed by atoms with Crippen LogP contribution in [0, 0.1) is 5.82 Å². The first-order valence-electron chi connectivity index (χ1n) is 8.23. The van der Waals surface area contributed by atoms with Crippen molar-refractivity contribution in [1.29, 1.82) is 0 Å². The van der Waals surface area contributed by atoms with E-state index in [2.05, 4.69) is 15.5 Å². The summed E-state index contributed by atoms with van der Waals surface area (Å²) < 4.78 is 24.1. The van der Waals surface area contributed by atoms with Crippen LogP contribution in [0.5, 0.6) is 5.75 Å². The number of rotatable bonds is 7. The molecule has 1 aliphatic heterocycles. The molecule has 2 rings (SSSR count). The minimum Gasteiger partial charge on any atom is -0.489 e. The molecular formula is C17H26FN3O3. The molecule has 134 valence electrons. The average Bonchev–Trinajstić information content (AvgIpc) is 2.95. The fourth-order valence-electron chi connectivity index (χ4n) is 2.67. The van der Waals surface area contributed by atoms with Crippen LogP contribution in [0.25, 0.3) is 0 Å². The summed E-state index contributed by atoms with van der Waals surface area (Å²) >= 11 is 0. The van der Waals surface area contributed by atoms with Crippen molar-refractivity contribution in [2.24, 2.45) is 0 Å². The van der Waals surface area contributed by atoms with E-state index in [0.29, 0.717) is 18.0 Å². The minimum absolute atomic E-state index is 0.0664. The van der Waals surface area contributed by atoms with Crippen LogP contribution in [0.3, 0.4) is 0 Å². The van der Waals surface area contributed by atoms with Crippen molar-refractivity contribution in [3.05, 3.63) is 24.0 Å². The maximum Gasteiger partial charge on any atom is 0.319 e. The summed E-state index contributed by atoms with van der Waals surface area (Å²) in [5.41, 5.74) is 0.329. The van der Waals surface area contributed by atoms with Gasteiger partial charge in [-0.25, -0.2) is 9.18 Å². The Hall–Kier alpha value is -1.86. The molecule has 2 N–H and O–H groups in total. The number of likely N-dealkylation sites (tertiary alicyclic amines) is 1. The Morgan fingerprint density at radius 3 is 2.96 bits per heavy atom. The van der Waals surface area contributed by atoms with Crippen molar-refractivity contribution in [3.63, 3.8) is 0 Å². The molecule has 0 radical (unpaired) electrons. The van der Waals surface area contributed by atoms with Gasteiger partial charge in [0.1, 0.15) is 11.6 Å². The number of carbonyl (C=O) groups excluding carboxylic acids is 1. The van der Waals surface area contributed by atoms with Crippen LogP contribution < -0.4 is 15.4 Å². The zero-order chi connectivity index (χ0) is 17.5. The predicted octanol–water partition coefficient (Wildman–Crippen LogP) is 2.46. The first-order chi connectivity index (χ1) is 11.5. The molecular weight excluding hydrogens is 313 g/mol. The standard InChI is InChI=1S/C17H26FN3O3/c1-12(2)24-16-5-4-13(18)10-15(16)20-17(22)19-14-6-7-21(11-14)8-9-23-3/h4-5,10,12,14H,6-9,11H2,1-3H3,(H2,19,20,22)/t14-/m1/s1. The Balaban J connectivity index is 1.89. The van der Waals surface area contributed by atoms with Crippen LogP contribution in [0.1, 0.15) is 20.3 Å². The second-order valence-corrected chi connectivity index (χ2v) is 6.18. The molecule has 0 aromatic heterocycles. The minimum atomic E-state index is -0.423. The van der Waals surface area contributed by atoms with E-state index < -0.39 is 5.82 Å². The molecule has 1 heterocycles. The fourth-order valence-corrected chi connectivity index (χ4v) is 2.67. The van der Waals surface area contributed by atoms with Gasteiger partial charge in [0.25, 0.3) is 0 Å². The molecule has 0 saturated carbocycles. The predicted molar refractivity (Wildman–Crippen MR) is 91.0 cm³/mol. The van der Waals surface area contributed by atoms with Crippen LogP contribution in [0.4, 0.5) is 14.9 Å². The van der Waals surface area contributed by atoms with E-state index in [1.165, 1.54) is 18.2 Å². The van der Waals surface area contributed by atoms with Crippen LogP contribution in [0.2, 0.25) is 0 Å². The lowest BCUT2D eigenvalue weighted by Crippen LogP contribution is -2.40. The van der Waals surface area contributed by atoms with Crippen molar-refractivity contribution in [1.82, 2.24) is 10.2 Å². The quantitative estimate of drug-likeness (QED) is 0.801. The highest BCUT2D eigenvalue weighted by molar-refractivity contribution is 5.91. The van der Waals surface area contributed by atoms with Crippen LogP contribution >= 0.6 is 0 Å². The van der Waals surface area contributed by atoms with Crippen molar-refractivity contribution in [2.45, 2.75) is 32.4 Å². The number of hydrogen-bond donors (Lipinski definition) is 2. The fraction of sp³-hybridized carbons (Fsp3) is 0.588. The lowest BCUT2D eigenvalue weighted by atomic mass is 10.2. The zero-order valence-electron chi connectivity index (χ0n) is 14.5. The van der Waals surface area contributed by atoms with Crippen LogP contribution in [0.15, 0.2) is 18.2 Å². The molecule has 2 amide bonds. The molecule has 1 fully saturated rings. The highest BCUT2D eigenvalue weighted by Gasteiger charge is 2.23. The van der Waals surface area contributed by atoms with Gasteiger partial charge in [0.05, 0.1) is 18.4 Å². The summed E-state index contributed by atoms with van der Waals surface area (Å²) in [7, 11) is 1.68. The SMILES string of the molecule is COCCN1CC[C@@H](NC(=O)Nc2cc(F)ccc2OC(C)C)C1. The molecule has 24 heavy (non-hydrogen) atoms. The van der Waals surface area contributed by atoms with E-state index >= 15 is 0 Å². The highest BCUT2D eigenvalue weighted by atomic mass is 19.1. The van der Waals surface area contributed by atoms with Crippen molar-refractivity contribution in [3.8, 4) is 5.75 Å². The highest BCUT2D eigenvalue weighted by Crippen LogP contribution is 2.26. The number of ether oxygens (including phenoxy) is 2. The number of hydrogen-bond acceptors (Lipinski definition) is 4. The maximum atomic E-state index is 13.5. The Bertz CT molecular complexity index is 554. The number of carbonyl (C=O) groups is 1. The number of methoxy groups -OCH3 is 1. The van der Waals surface area contributed by atoms with E-state index in [1.54, 1.807) is 7.11 Å². The largest absolute Gasteiger partial charge is 0.489 e. The van der Waals surface area contributed by atoms with Gasteiger partial charge in [0.15, 0.2) is 0 Å². The van der Waals surface area contributed by atoms with Gasteiger partial charge >= 0.3 is 6.03 Å². The molecule has 1 saturated heterocycles. The van der Waals surface area contributed by atoms with E-state index in [0.717, 1.165) is 26.1 Å². The molecule has 0 bridgehead atoms. The lowest BCUT2D eigenvalue weighted by molar-refractivity contribution is 0.160. The lowest BCUT2D eigenvalue weighted by Gasteiger charge is -2.18. The molecule has 1 aliphatic rings. The second kappa shape index (κ2) is 8.84. The van der Waals surface area contributed by atoms with Gasteiger partial charge < -0.3 is 20.1 Å². The average molecular weight is 339 g/mol. The Morgan fingerprint density at radius 1 is 1.46 bits per heavy atom. The number of amides is 2. The van der Waals surface area contributed by atoms with Crippen molar-refractivity contribution >= 4 is 11.7 Å². The van der Waals surface area contributed by atoms with Crippen molar-refractivity contribution < 1.29 is 18.7 Å². The van der Waals surface area contributed by atoms with Crippen LogP contribution in [-0.2, 0) is 4.74 Å². The summed E-state index contributed by atoms with van der Waals surface area (Å²) in [5, 5.41) is 5.61. The van der Waals surface area contributed by atoms with E-state index in [-0.39, 0.29) is 18.2 Å². The number of halogens is 1. The smallest absolute Gasteiger partial charge is 0.319 e. The van der Waals surface area contributed by atoms with Crippen molar-refractivity contribution in [2.75, 3.05) is 38.7 Å². The zero-order valence-corrected chi connectivity index (χ0v) is 14.5. The van der Waals surface area contributed by atoms with Gasteiger partial charge in [-0.2, -0.15) is 0 Å². The van der Waals surface area contributed by atoms with Gasteiger partial charge in [-0.3, -0.25) is 4.90 Å². The second-order valence-electron chi connectivity index (χ2n) is 6.18. The number of benzene rings is 1. The molecule has 0 unspecified atom stereocenters. The van der Waals surface area contributed by atoms with Gasteiger partial charge in [-0.15, -0.1) is 0 Å². The molecule has 1 aromatic carbocycles. The molecule has 0 spiro atoms. The Kier molecular flexibility index (Phi) is 6.81. The van der Waals surface area contributed by atoms with Gasteiger partial charge in [-0.05, 0) is 32.4 Å². The molecule has 1 atom stereocenters. The Labute approximate surface area is 142 Å². The normalized spacial score (nSPS) is 18.0. The molecule has 6 nitrogen and oxygen atoms in total. The van der Waals surface area contributed by atoms with Gasteiger partial charge in [-0.1, -0.05) is 0 Å². The first kappa shape index (κ1) is 18.5. The third-order valence-electron chi connectivity index (χ3n) is 3.77. The number of nitrogens with one attached hydrogen (secondary N) is 2. The summed E-state index contributed by atoms with van der Waals surface area (Å²) in [6.07, 6.45) is 0.818. The van der Waals surface area contributed by atoms with Gasteiger partial charge in [0, 0.05) is 38.9 Å². The Morgan fingerprint density at radius 2 is 2.25 bits per heavy atom. The summed E-state index contributed by atoms with van der Waals surface area (Å²) in [6.45, 7) is 7.00. The number of urea groups is 1. The molecule has 0 aliphatic carbocycles. The third-order valence-corrected chi connectivity index (χ3v) is 3.77. The third kappa shape index (κ3) is 5.65. The van der Waals surface area contributed by atoms with Gasteiger partial charge in [0.2, 0.25) is 0 Å². The topological polar surface area (TPSA) is 62.8 Å². The molecule has 1 aromatic rings. The van der Waals surface area contributed by atoms with E-state index in [9.17, 15) is 9.18 Å². The monoisotopic (exact) mass is 339 g/mol. The summed E-state index contributed by atoms with van der Waals surface area (Å²) in [4.78, 5) is 14.4. The molecule has 7 heteroatoms. The van der Waals surface area contributed by atoms with E-state index in [4.69, 9.17) is 9.47 Å². The number of anilines is 1. The maximum absolute atomic E-state index is 13.5. The number of nitrogens with zero attached hydrogens (tertiary/aromatic N) is 1. The van der Waals surface area contributed by atoms with Crippen LogP contribution in [-0.4, -0.2) is 56.4 Å².